The molecule has 0 radical (unpaired) electrons. The fraction of sp³-hybridized carbons (Fsp3) is 0.462. The zero-order valence-corrected chi connectivity index (χ0v) is 13.2. The van der Waals surface area contributed by atoms with Crippen LogP contribution in [0.25, 0.3) is 0 Å². The minimum atomic E-state index is -0.330. The smallest absolute Gasteiger partial charge is 0.255 e. The van der Waals surface area contributed by atoms with E-state index in [-0.39, 0.29) is 18.4 Å². The first-order valence-corrected chi connectivity index (χ1v) is 7.32. The molecule has 6 nitrogen and oxygen atoms in total. The zero-order chi connectivity index (χ0) is 15.0. The van der Waals surface area contributed by atoms with E-state index in [4.69, 9.17) is 0 Å². The summed E-state index contributed by atoms with van der Waals surface area (Å²) < 4.78 is 0.711. The highest BCUT2D eigenvalue weighted by molar-refractivity contribution is 9.10. The van der Waals surface area contributed by atoms with Gasteiger partial charge in [-0.1, -0.05) is 6.92 Å². The summed E-state index contributed by atoms with van der Waals surface area (Å²) in [6.07, 6.45) is 2.55. The van der Waals surface area contributed by atoms with E-state index in [9.17, 15) is 9.59 Å². The van der Waals surface area contributed by atoms with Gasteiger partial charge in [-0.15, -0.1) is 0 Å². The zero-order valence-electron chi connectivity index (χ0n) is 11.6. The molecule has 0 saturated carbocycles. The van der Waals surface area contributed by atoms with Gasteiger partial charge in [0.15, 0.2) is 0 Å². The molecule has 1 aromatic heterocycles. The van der Waals surface area contributed by atoms with E-state index in [0.717, 1.165) is 13.0 Å². The van der Waals surface area contributed by atoms with Crippen LogP contribution in [0.5, 0.6) is 0 Å². The number of anilines is 1. The van der Waals surface area contributed by atoms with Crippen LogP contribution in [-0.2, 0) is 4.79 Å². The van der Waals surface area contributed by atoms with Crippen LogP contribution in [0.2, 0.25) is 0 Å². The maximum absolute atomic E-state index is 12.1. The van der Waals surface area contributed by atoms with Crippen molar-refractivity contribution in [1.29, 1.82) is 0 Å². The Balaban J connectivity index is 2.74. The van der Waals surface area contributed by atoms with Crippen molar-refractivity contribution in [1.82, 2.24) is 15.6 Å². The van der Waals surface area contributed by atoms with Crippen molar-refractivity contribution in [2.75, 3.05) is 25.0 Å². The van der Waals surface area contributed by atoms with Crippen LogP contribution in [0.15, 0.2) is 16.7 Å². The van der Waals surface area contributed by atoms with Gasteiger partial charge < -0.3 is 16.0 Å². The summed E-state index contributed by atoms with van der Waals surface area (Å²) in [4.78, 5) is 27.6. The highest BCUT2D eigenvalue weighted by Crippen LogP contribution is 2.17. The average molecular weight is 343 g/mol. The van der Waals surface area contributed by atoms with E-state index in [2.05, 4.69) is 36.9 Å². The van der Waals surface area contributed by atoms with Crippen LogP contribution in [0.1, 0.15) is 30.6 Å². The number of carbonyl (C=O) groups excluding carboxylic acids is 2. The molecule has 1 heterocycles. The van der Waals surface area contributed by atoms with Gasteiger partial charge in [-0.25, -0.2) is 4.98 Å². The highest BCUT2D eigenvalue weighted by Gasteiger charge is 2.14. The van der Waals surface area contributed by atoms with Crippen LogP contribution in [0.4, 0.5) is 5.82 Å². The molecule has 2 amide bonds. The highest BCUT2D eigenvalue weighted by atomic mass is 79.9. The fourth-order valence-corrected chi connectivity index (χ4v) is 1.84. The van der Waals surface area contributed by atoms with Crippen LogP contribution in [0.3, 0.4) is 0 Å². The first kappa shape index (κ1) is 16.4. The lowest BCUT2D eigenvalue weighted by Crippen LogP contribution is -2.37. The molecule has 1 rings (SSSR count). The molecule has 0 aliphatic heterocycles. The number of nitrogens with zero attached hydrogens (tertiary/aromatic N) is 1. The Morgan fingerprint density at radius 2 is 2.05 bits per heavy atom. The number of aromatic nitrogens is 1. The number of halogens is 1. The molecule has 110 valence electrons. The molecule has 20 heavy (non-hydrogen) atoms. The lowest BCUT2D eigenvalue weighted by atomic mass is 10.2. The number of likely N-dealkylation sites (N-methyl/N-ethyl adjacent to an activating group) is 1. The van der Waals surface area contributed by atoms with Gasteiger partial charge in [0.05, 0.1) is 12.1 Å². The summed E-state index contributed by atoms with van der Waals surface area (Å²) in [7, 11) is 0. The lowest BCUT2D eigenvalue weighted by molar-refractivity contribution is -0.120. The number of hydrogen-bond acceptors (Lipinski definition) is 4. The molecular formula is C13H19BrN4O2. The van der Waals surface area contributed by atoms with Crippen molar-refractivity contribution < 1.29 is 9.59 Å². The summed E-state index contributed by atoms with van der Waals surface area (Å²) in [6.45, 7) is 5.07. The molecule has 0 unspecified atom stereocenters. The van der Waals surface area contributed by atoms with Crippen molar-refractivity contribution >= 4 is 33.6 Å². The van der Waals surface area contributed by atoms with Gasteiger partial charge in [0.2, 0.25) is 5.91 Å². The second-order valence-corrected chi connectivity index (χ2v) is 5.03. The molecule has 0 aromatic carbocycles. The van der Waals surface area contributed by atoms with E-state index >= 15 is 0 Å². The Morgan fingerprint density at radius 1 is 1.30 bits per heavy atom. The van der Waals surface area contributed by atoms with Crippen LogP contribution in [-0.4, -0.2) is 36.4 Å². The Hall–Kier alpha value is -1.63. The molecule has 0 saturated heterocycles. The summed E-state index contributed by atoms with van der Waals surface area (Å²) in [5.74, 6) is -0.0287. The lowest BCUT2D eigenvalue weighted by Gasteiger charge is -2.11. The molecule has 0 fully saturated rings. The number of amides is 2. The molecule has 3 N–H and O–H groups in total. The van der Waals surface area contributed by atoms with E-state index in [1.165, 1.54) is 0 Å². The molecule has 0 aliphatic carbocycles. The Bertz CT molecular complexity index is 479. The molecule has 0 atom stereocenters. The minimum absolute atomic E-state index is 0.0492. The number of nitrogens with one attached hydrogen (secondary N) is 3. The minimum Gasteiger partial charge on any atom is -0.369 e. The van der Waals surface area contributed by atoms with Gasteiger partial charge in [0, 0.05) is 23.8 Å². The summed E-state index contributed by atoms with van der Waals surface area (Å²) in [5, 5.41) is 8.28. The molecular weight excluding hydrogens is 324 g/mol. The van der Waals surface area contributed by atoms with Crippen LogP contribution in [0, 0.1) is 0 Å². The summed E-state index contributed by atoms with van der Waals surface area (Å²) >= 11 is 3.29. The Morgan fingerprint density at radius 3 is 2.70 bits per heavy atom. The molecule has 0 spiro atoms. The van der Waals surface area contributed by atoms with Gasteiger partial charge in [0.1, 0.15) is 5.82 Å². The van der Waals surface area contributed by atoms with Crippen molar-refractivity contribution in [3.63, 3.8) is 0 Å². The first-order valence-electron chi connectivity index (χ1n) is 6.52. The third-order valence-electron chi connectivity index (χ3n) is 2.42. The van der Waals surface area contributed by atoms with Crippen molar-refractivity contribution in [3.05, 3.63) is 22.3 Å². The molecule has 1 aromatic rings. The van der Waals surface area contributed by atoms with Crippen molar-refractivity contribution in [3.8, 4) is 0 Å². The monoisotopic (exact) mass is 342 g/mol. The standard InChI is InChI=1S/C13H19BrN4O2/c1-3-5-16-12-10(6-9(14)7-17-12)13(20)18-8-11(19)15-4-2/h6-7H,3-5,8H2,1-2H3,(H,15,19)(H,16,17)(H,18,20). The van der Waals surface area contributed by atoms with Crippen molar-refractivity contribution in [2.45, 2.75) is 20.3 Å². The van der Waals surface area contributed by atoms with Crippen LogP contribution >= 0.6 is 15.9 Å². The molecule has 7 heteroatoms. The summed E-state index contributed by atoms with van der Waals surface area (Å²) in [6, 6.07) is 1.68. The van der Waals surface area contributed by atoms with Gasteiger partial charge in [0.25, 0.3) is 5.91 Å². The van der Waals surface area contributed by atoms with Gasteiger partial charge in [-0.05, 0) is 35.3 Å². The predicted molar refractivity (Wildman–Crippen MR) is 81.7 cm³/mol. The fourth-order valence-electron chi connectivity index (χ4n) is 1.51. The number of rotatable bonds is 7. The molecule has 0 bridgehead atoms. The molecule has 0 aliphatic rings. The van der Waals surface area contributed by atoms with E-state index < -0.39 is 0 Å². The van der Waals surface area contributed by atoms with Crippen molar-refractivity contribution in [2.24, 2.45) is 0 Å². The topological polar surface area (TPSA) is 83.1 Å². The quantitative estimate of drug-likeness (QED) is 0.701. The number of pyridine rings is 1. The summed E-state index contributed by atoms with van der Waals surface area (Å²) in [5.41, 5.74) is 0.414. The van der Waals surface area contributed by atoms with Gasteiger partial charge in [-0.2, -0.15) is 0 Å². The second-order valence-electron chi connectivity index (χ2n) is 4.11. The number of carbonyl (C=O) groups is 2. The van der Waals surface area contributed by atoms with E-state index in [0.29, 0.717) is 22.4 Å². The maximum atomic E-state index is 12.1. The predicted octanol–water partition coefficient (Wildman–Crippen LogP) is 1.53. The SMILES string of the molecule is CCCNc1ncc(Br)cc1C(=O)NCC(=O)NCC. The normalized spacial score (nSPS) is 9.95. The second kappa shape index (κ2) is 8.52. The third-order valence-corrected chi connectivity index (χ3v) is 2.86. The van der Waals surface area contributed by atoms with Gasteiger partial charge in [-0.3, -0.25) is 9.59 Å². The Kier molecular flexibility index (Phi) is 7.00. The van der Waals surface area contributed by atoms with E-state index in [1.807, 2.05) is 13.8 Å². The first-order chi connectivity index (χ1) is 9.58. The largest absolute Gasteiger partial charge is 0.369 e. The maximum Gasteiger partial charge on any atom is 0.255 e. The van der Waals surface area contributed by atoms with Gasteiger partial charge >= 0.3 is 0 Å². The average Bonchev–Trinajstić information content (AvgIpc) is 2.43. The number of hydrogen-bond donors (Lipinski definition) is 3. The Labute approximate surface area is 126 Å². The third kappa shape index (κ3) is 5.16. The van der Waals surface area contributed by atoms with E-state index in [1.54, 1.807) is 12.3 Å². The van der Waals surface area contributed by atoms with Crippen LogP contribution < -0.4 is 16.0 Å².